The molecule has 0 amide bonds. The smallest absolute Gasteiger partial charge is 0.292 e. The number of hydrogen-bond donors (Lipinski definition) is 1. The second-order valence-corrected chi connectivity index (χ2v) is 3.49. The van der Waals surface area contributed by atoms with E-state index < -0.39 is 0 Å². The molecule has 0 saturated carbocycles. The second kappa shape index (κ2) is 6.12. The van der Waals surface area contributed by atoms with E-state index >= 15 is 0 Å². The van der Waals surface area contributed by atoms with Crippen molar-refractivity contribution in [1.29, 1.82) is 0 Å². The fraction of sp³-hybridized carbons (Fsp3) is 0.273. The molecule has 1 heterocycles. The number of carbonyl (C=O) groups excluding carboxylic acids is 1. The first-order valence-electron chi connectivity index (χ1n) is 4.81. The minimum atomic E-state index is 0.375. The van der Waals surface area contributed by atoms with Crippen molar-refractivity contribution < 1.29 is 9.53 Å². The molecule has 0 saturated heterocycles. The first-order valence-corrected chi connectivity index (χ1v) is 5.19. The molecule has 16 heavy (non-hydrogen) atoms. The Bertz CT molecular complexity index is 468. The van der Waals surface area contributed by atoms with Crippen LogP contribution in [0.25, 0.3) is 10.9 Å². The lowest BCUT2D eigenvalue weighted by Gasteiger charge is -1.91. The zero-order chi connectivity index (χ0) is 12.0. The van der Waals surface area contributed by atoms with Crippen molar-refractivity contribution in [3.8, 4) is 0 Å². The molecule has 0 fully saturated rings. The average molecular weight is 241 g/mol. The second-order valence-electron chi connectivity index (χ2n) is 3.05. The maximum atomic E-state index is 8.95. The van der Waals surface area contributed by atoms with E-state index in [0.29, 0.717) is 6.47 Å². The summed E-state index contributed by atoms with van der Waals surface area (Å²) < 4.78 is 3.86. The average Bonchev–Trinajstić information content (AvgIpc) is 2.71. The number of carbonyl (C=O) groups is 1. The van der Waals surface area contributed by atoms with Gasteiger partial charge in [-0.1, -0.05) is 18.5 Å². The van der Waals surface area contributed by atoms with Crippen molar-refractivity contribution in [2.45, 2.75) is 13.3 Å². The number of aromatic amines is 1. The standard InChI is InChI=1S/C9H9ClN2.C2H4O2/c1-2-8-7-4-3-6(10)5-9(7)12-11-8;1-4-2-3/h3-5H,2H2,1H3,(H,11,12);2H,1H3. The molecule has 86 valence electrons. The minimum absolute atomic E-state index is 0.375. The normalized spacial score (nSPS) is 9.44. The first kappa shape index (κ1) is 12.5. The number of aromatic nitrogens is 2. The Labute approximate surface area is 98.6 Å². The lowest BCUT2D eigenvalue weighted by molar-refractivity contribution is -0.126. The Hall–Kier alpha value is -1.55. The molecule has 1 N–H and O–H groups in total. The Morgan fingerprint density at radius 1 is 1.56 bits per heavy atom. The summed E-state index contributed by atoms with van der Waals surface area (Å²) in [6, 6.07) is 5.76. The van der Waals surface area contributed by atoms with Gasteiger partial charge in [0.05, 0.1) is 12.6 Å². The van der Waals surface area contributed by atoms with E-state index in [2.05, 4.69) is 21.9 Å². The molecule has 0 bridgehead atoms. The maximum Gasteiger partial charge on any atom is 0.292 e. The number of benzene rings is 1. The number of nitrogens with one attached hydrogen (secondary N) is 1. The summed E-state index contributed by atoms with van der Waals surface area (Å²) in [6.45, 7) is 2.47. The van der Waals surface area contributed by atoms with Gasteiger partial charge in [0.15, 0.2) is 0 Å². The number of rotatable bonds is 2. The largest absolute Gasteiger partial charge is 0.471 e. The number of hydrogen-bond acceptors (Lipinski definition) is 3. The Balaban J connectivity index is 0.000000280. The van der Waals surface area contributed by atoms with Gasteiger partial charge in [0.2, 0.25) is 0 Å². The Morgan fingerprint density at radius 3 is 2.81 bits per heavy atom. The Morgan fingerprint density at radius 2 is 2.25 bits per heavy atom. The van der Waals surface area contributed by atoms with Crippen LogP contribution >= 0.6 is 11.6 Å². The fourth-order valence-electron chi connectivity index (χ4n) is 1.31. The van der Waals surface area contributed by atoms with Gasteiger partial charge in [-0.3, -0.25) is 9.89 Å². The number of fused-ring (bicyclic) bond motifs is 1. The highest BCUT2D eigenvalue weighted by atomic mass is 35.5. The molecular formula is C11H13ClN2O2. The number of nitrogens with zero attached hydrogens (tertiary/aromatic N) is 1. The highest BCUT2D eigenvalue weighted by Crippen LogP contribution is 2.20. The third-order valence-corrected chi connectivity index (χ3v) is 2.28. The number of aryl methyl sites for hydroxylation is 1. The fourth-order valence-corrected chi connectivity index (χ4v) is 1.48. The van der Waals surface area contributed by atoms with Crippen LogP contribution in [0.3, 0.4) is 0 Å². The summed E-state index contributed by atoms with van der Waals surface area (Å²) in [5.41, 5.74) is 2.11. The molecule has 2 rings (SSSR count). The van der Waals surface area contributed by atoms with Crippen LogP contribution in [0.15, 0.2) is 18.2 Å². The SMILES string of the molecule is CCc1[nH]nc2cc(Cl)ccc12.COC=O. The molecule has 0 atom stereocenters. The van der Waals surface area contributed by atoms with Crippen molar-refractivity contribution >= 4 is 29.0 Å². The molecule has 5 heteroatoms. The molecule has 0 aliphatic rings. The monoisotopic (exact) mass is 240 g/mol. The number of methoxy groups -OCH3 is 1. The Kier molecular flexibility index (Phi) is 4.79. The molecule has 4 nitrogen and oxygen atoms in total. The van der Waals surface area contributed by atoms with Crippen molar-refractivity contribution in [3.05, 3.63) is 28.9 Å². The van der Waals surface area contributed by atoms with Gasteiger partial charge in [0.25, 0.3) is 6.47 Å². The van der Waals surface area contributed by atoms with Crippen LogP contribution < -0.4 is 0 Å². The molecule has 0 aliphatic carbocycles. The quantitative estimate of drug-likeness (QED) is 0.821. The molecule has 0 aliphatic heterocycles. The van der Waals surface area contributed by atoms with E-state index in [1.54, 1.807) is 0 Å². The number of H-pyrrole nitrogens is 1. The van der Waals surface area contributed by atoms with Crippen LogP contribution in [0.5, 0.6) is 0 Å². The van der Waals surface area contributed by atoms with E-state index in [0.717, 1.165) is 17.0 Å². The highest BCUT2D eigenvalue weighted by Gasteiger charge is 2.02. The molecule has 0 unspecified atom stereocenters. The van der Waals surface area contributed by atoms with Gasteiger partial charge in [0, 0.05) is 16.1 Å². The summed E-state index contributed by atoms with van der Waals surface area (Å²) in [5, 5.41) is 9.02. The van der Waals surface area contributed by atoms with E-state index in [1.165, 1.54) is 18.2 Å². The lowest BCUT2D eigenvalue weighted by atomic mass is 10.2. The van der Waals surface area contributed by atoms with Gasteiger partial charge in [-0.05, 0) is 24.6 Å². The molecule has 0 radical (unpaired) electrons. The van der Waals surface area contributed by atoms with E-state index in [-0.39, 0.29) is 0 Å². The molecule has 2 aromatic rings. The number of ether oxygens (including phenoxy) is 1. The third kappa shape index (κ3) is 2.97. The van der Waals surface area contributed by atoms with Crippen LogP contribution in [0.1, 0.15) is 12.6 Å². The summed E-state index contributed by atoms with van der Waals surface area (Å²) in [7, 11) is 1.31. The first-order chi connectivity index (χ1) is 7.72. The van der Waals surface area contributed by atoms with Crippen molar-refractivity contribution in [2.24, 2.45) is 0 Å². The van der Waals surface area contributed by atoms with Gasteiger partial charge in [-0.2, -0.15) is 5.10 Å². The van der Waals surface area contributed by atoms with Gasteiger partial charge in [-0.25, -0.2) is 0 Å². The van der Waals surface area contributed by atoms with Crippen LogP contribution in [-0.2, 0) is 16.0 Å². The molecule has 1 aromatic heterocycles. The molecule has 1 aromatic carbocycles. The summed E-state index contributed by atoms with van der Waals surface area (Å²) >= 11 is 5.82. The van der Waals surface area contributed by atoms with Crippen LogP contribution in [0, 0.1) is 0 Å². The summed E-state index contributed by atoms with van der Waals surface area (Å²) in [4.78, 5) is 8.95. The van der Waals surface area contributed by atoms with Crippen LogP contribution in [-0.4, -0.2) is 23.8 Å². The summed E-state index contributed by atoms with van der Waals surface area (Å²) in [5.74, 6) is 0. The van der Waals surface area contributed by atoms with Gasteiger partial charge < -0.3 is 4.74 Å². The van der Waals surface area contributed by atoms with Gasteiger partial charge >= 0.3 is 0 Å². The van der Waals surface area contributed by atoms with Gasteiger partial charge in [-0.15, -0.1) is 0 Å². The topological polar surface area (TPSA) is 55.0 Å². The van der Waals surface area contributed by atoms with Crippen molar-refractivity contribution in [3.63, 3.8) is 0 Å². The molecular weight excluding hydrogens is 228 g/mol. The van der Waals surface area contributed by atoms with E-state index in [1.807, 2.05) is 18.2 Å². The zero-order valence-electron chi connectivity index (χ0n) is 9.16. The lowest BCUT2D eigenvalue weighted by Crippen LogP contribution is -1.78. The minimum Gasteiger partial charge on any atom is -0.471 e. The third-order valence-electron chi connectivity index (χ3n) is 2.05. The predicted octanol–water partition coefficient (Wildman–Crippen LogP) is 2.57. The molecule has 0 spiro atoms. The van der Waals surface area contributed by atoms with Crippen LogP contribution in [0.4, 0.5) is 0 Å². The van der Waals surface area contributed by atoms with Gasteiger partial charge in [0.1, 0.15) is 0 Å². The van der Waals surface area contributed by atoms with Crippen molar-refractivity contribution in [2.75, 3.05) is 7.11 Å². The zero-order valence-corrected chi connectivity index (χ0v) is 9.91. The predicted molar refractivity (Wildman–Crippen MR) is 63.6 cm³/mol. The van der Waals surface area contributed by atoms with E-state index in [4.69, 9.17) is 16.4 Å². The van der Waals surface area contributed by atoms with E-state index in [9.17, 15) is 0 Å². The highest BCUT2D eigenvalue weighted by molar-refractivity contribution is 6.31. The maximum absolute atomic E-state index is 8.95. The number of halogens is 1. The van der Waals surface area contributed by atoms with Crippen LogP contribution in [0.2, 0.25) is 5.02 Å². The van der Waals surface area contributed by atoms with Crippen molar-refractivity contribution in [1.82, 2.24) is 10.2 Å². The summed E-state index contributed by atoms with van der Waals surface area (Å²) in [6.07, 6.45) is 0.970.